The van der Waals surface area contributed by atoms with Gasteiger partial charge in [0, 0.05) is 12.1 Å². The van der Waals surface area contributed by atoms with E-state index in [1.54, 1.807) is 0 Å². The maximum Gasteiger partial charge on any atom is 0.416 e. The summed E-state index contributed by atoms with van der Waals surface area (Å²) in [5, 5.41) is 10.5. The number of nitrogens with two attached hydrogens (primary N) is 1. The summed E-state index contributed by atoms with van der Waals surface area (Å²) in [6.07, 6.45) is -4.65. The molecule has 2 N–H and O–H groups in total. The number of ether oxygens (including phenoxy) is 2. The van der Waals surface area contributed by atoms with Crippen LogP contribution in [0.15, 0.2) is 30.3 Å². The minimum Gasteiger partial charge on any atom is -0.465 e. The van der Waals surface area contributed by atoms with Gasteiger partial charge in [0.15, 0.2) is 5.75 Å². The van der Waals surface area contributed by atoms with Crippen molar-refractivity contribution in [1.29, 1.82) is 0 Å². The molecule has 2 aromatic rings. The summed E-state index contributed by atoms with van der Waals surface area (Å²) in [6, 6.07) is 4.37. The zero-order valence-corrected chi connectivity index (χ0v) is 13.7. The van der Waals surface area contributed by atoms with Gasteiger partial charge in [0.05, 0.1) is 28.3 Å². The van der Waals surface area contributed by atoms with Crippen LogP contribution in [0.5, 0.6) is 11.5 Å². The fourth-order valence-electron chi connectivity index (χ4n) is 2.02. The molecule has 0 atom stereocenters. The number of carbonyl (C=O) groups excluding carboxylic acids is 1. The summed E-state index contributed by atoms with van der Waals surface area (Å²) in [5.74, 6) is -1.39. The maximum absolute atomic E-state index is 12.7. The first kappa shape index (κ1) is 19.3. The summed E-state index contributed by atoms with van der Waals surface area (Å²) in [5.41, 5.74) is 3.16. The van der Waals surface area contributed by atoms with Crippen LogP contribution in [0, 0.1) is 10.1 Å². The first-order valence-corrected chi connectivity index (χ1v) is 7.13. The monoisotopic (exact) mass is 390 g/mol. The molecule has 138 valence electrons. The largest absolute Gasteiger partial charge is 0.465 e. The zero-order chi connectivity index (χ0) is 19.6. The van der Waals surface area contributed by atoms with Crippen molar-refractivity contribution in [3.05, 3.63) is 56.6 Å². The molecule has 0 aliphatic rings. The molecule has 0 bridgehead atoms. The van der Waals surface area contributed by atoms with Crippen LogP contribution in [0.2, 0.25) is 5.02 Å². The van der Waals surface area contributed by atoms with Crippen molar-refractivity contribution in [2.75, 3.05) is 12.8 Å². The lowest BCUT2D eigenvalue weighted by Gasteiger charge is -2.14. The van der Waals surface area contributed by atoms with Crippen LogP contribution >= 0.6 is 11.6 Å². The van der Waals surface area contributed by atoms with Gasteiger partial charge in [-0.15, -0.1) is 0 Å². The van der Waals surface area contributed by atoms with Crippen molar-refractivity contribution in [2.45, 2.75) is 6.18 Å². The van der Waals surface area contributed by atoms with Gasteiger partial charge in [-0.2, -0.15) is 13.2 Å². The lowest BCUT2D eigenvalue weighted by atomic mass is 10.1. The van der Waals surface area contributed by atoms with Crippen LogP contribution in [0.4, 0.5) is 24.5 Å². The Bertz CT molecular complexity index is 863. The van der Waals surface area contributed by atoms with E-state index in [-0.39, 0.29) is 11.5 Å². The smallest absolute Gasteiger partial charge is 0.416 e. The highest BCUT2D eigenvalue weighted by Gasteiger charge is 2.32. The third kappa shape index (κ3) is 3.97. The molecule has 0 unspecified atom stereocenters. The van der Waals surface area contributed by atoms with E-state index in [1.165, 1.54) is 0 Å². The predicted molar refractivity (Wildman–Crippen MR) is 85.4 cm³/mol. The van der Waals surface area contributed by atoms with Crippen molar-refractivity contribution in [1.82, 2.24) is 0 Å². The van der Waals surface area contributed by atoms with E-state index in [0.717, 1.165) is 25.3 Å². The van der Waals surface area contributed by atoms with Crippen molar-refractivity contribution >= 4 is 28.9 Å². The number of hydrogen-bond donors (Lipinski definition) is 1. The summed E-state index contributed by atoms with van der Waals surface area (Å²) in [4.78, 5) is 21.8. The van der Waals surface area contributed by atoms with Crippen LogP contribution in [0.3, 0.4) is 0 Å². The quantitative estimate of drug-likeness (QED) is 0.358. The van der Waals surface area contributed by atoms with Gasteiger partial charge in [0.25, 0.3) is 5.69 Å². The van der Waals surface area contributed by atoms with Gasteiger partial charge >= 0.3 is 12.1 Å². The Kier molecular flexibility index (Phi) is 5.26. The second-order valence-electron chi connectivity index (χ2n) is 4.90. The predicted octanol–water partition coefficient (Wildman–Crippen LogP) is 4.43. The molecule has 0 saturated carbocycles. The second-order valence-corrected chi connectivity index (χ2v) is 5.31. The lowest BCUT2D eigenvalue weighted by Crippen LogP contribution is -2.07. The second kappa shape index (κ2) is 7.08. The highest BCUT2D eigenvalue weighted by molar-refractivity contribution is 6.32. The van der Waals surface area contributed by atoms with Crippen LogP contribution in [-0.2, 0) is 10.9 Å². The average Bonchev–Trinajstić information content (AvgIpc) is 2.56. The number of halogens is 4. The number of anilines is 1. The maximum atomic E-state index is 12.7. The highest BCUT2D eigenvalue weighted by Crippen LogP contribution is 2.41. The Labute approximate surface area is 149 Å². The fourth-order valence-corrected chi connectivity index (χ4v) is 2.28. The van der Waals surface area contributed by atoms with Gasteiger partial charge in [-0.25, -0.2) is 4.79 Å². The molecule has 26 heavy (non-hydrogen) atoms. The minimum absolute atomic E-state index is 0.107. The normalized spacial score (nSPS) is 11.1. The van der Waals surface area contributed by atoms with E-state index in [1.807, 2.05) is 0 Å². The Morgan fingerprint density at radius 2 is 1.92 bits per heavy atom. The van der Waals surface area contributed by atoms with Crippen molar-refractivity contribution in [2.24, 2.45) is 0 Å². The number of methoxy groups -OCH3 is 1. The van der Waals surface area contributed by atoms with Crippen molar-refractivity contribution in [3.8, 4) is 11.5 Å². The average molecular weight is 391 g/mol. The molecule has 0 aliphatic carbocycles. The van der Waals surface area contributed by atoms with Gasteiger partial charge in [-0.05, 0) is 18.2 Å². The lowest BCUT2D eigenvalue weighted by molar-refractivity contribution is -0.385. The van der Waals surface area contributed by atoms with Crippen LogP contribution in [0.1, 0.15) is 15.9 Å². The molecule has 7 nitrogen and oxygen atoms in total. The molecule has 0 fully saturated rings. The number of nitrogens with zero attached hydrogens (tertiary/aromatic N) is 1. The topological polar surface area (TPSA) is 105 Å². The SMILES string of the molecule is COC(=O)c1cc(Oc2c(N)cc(C(F)(F)F)cc2Cl)ccc1[N+](=O)[O-]. The summed E-state index contributed by atoms with van der Waals surface area (Å²) < 4.78 is 48.0. The van der Waals surface area contributed by atoms with E-state index in [2.05, 4.69) is 4.74 Å². The van der Waals surface area contributed by atoms with Crippen LogP contribution in [-0.4, -0.2) is 18.0 Å². The number of nitro groups is 1. The standard InChI is InChI=1S/C15H10ClF3N2O5/c1-25-14(22)9-6-8(2-3-12(9)21(23)24)26-13-10(16)4-7(5-11(13)20)15(17,18)19/h2-6H,20H2,1H3. The molecule has 2 rings (SSSR count). The van der Waals surface area contributed by atoms with E-state index in [9.17, 15) is 28.1 Å². The molecule has 0 saturated heterocycles. The Hall–Kier alpha value is -3.01. The molecule has 0 aromatic heterocycles. The molecular weight excluding hydrogens is 381 g/mol. The van der Waals surface area contributed by atoms with E-state index in [4.69, 9.17) is 22.1 Å². The molecule has 11 heteroatoms. The van der Waals surface area contributed by atoms with Gasteiger partial charge in [-0.1, -0.05) is 11.6 Å². The van der Waals surface area contributed by atoms with E-state index in [0.29, 0.717) is 12.1 Å². The number of alkyl halides is 3. The van der Waals surface area contributed by atoms with E-state index < -0.39 is 44.6 Å². The Morgan fingerprint density at radius 1 is 1.27 bits per heavy atom. The molecule has 0 aliphatic heterocycles. The number of benzene rings is 2. The van der Waals surface area contributed by atoms with Gasteiger partial charge in [0.2, 0.25) is 0 Å². The van der Waals surface area contributed by atoms with Gasteiger partial charge < -0.3 is 15.2 Å². The van der Waals surface area contributed by atoms with Crippen molar-refractivity contribution < 1.29 is 32.4 Å². The minimum atomic E-state index is -4.65. The third-order valence-corrected chi connectivity index (χ3v) is 3.47. The van der Waals surface area contributed by atoms with Crippen molar-refractivity contribution in [3.63, 3.8) is 0 Å². The molecule has 0 radical (unpaired) electrons. The number of nitro benzene ring substituents is 1. The first-order valence-electron chi connectivity index (χ1n) is 6.75. The number of carbonyl (C=O) groups is 1. The molecule has 0 heterocycles. The van der Waals surface area contributed by atoms with Gasteiger partial charge in [-0.3, -0.25) is 10.1 Å². The molecule has 0 spiro atoms. The fraction of sp³-hybridized carbons (Fsp3) is 0.133. The van der Waals surface area contributed by atoms with Gasteiger partial charge in [0.1, 0.15) is 11.3 Å². The number of esters is 1. The number of hydrogen-bond acceptors (Lipinski definition) is 6. The molecule has 2 aromatic carbocycles. The zero-order valence-electron chi connectivity index (χ0n) is 13.0. The number of rotatable bonds is 4. The van der Waals surface area contributed by atoms with Crippen LogP contribution in [0.25, 0.3) is 0 Å². The number of nitrogen functional groups attached to an aromatic ring is 1. The Balaban J connectivity index is 2.46. The first-order chi connectivity index (χ1) is 12.0. The molecular formula is C15H10ClF3N2O5. The van der Waals surface area contributed by atoms with E-state index >= 15 is 0 Å². The summed E-state index contributed by atoms with van der Waals surface area (Å²) in [7, 11) is 1.03. The van der Waals surface area contributed by atoms with Crippen LogP contribution < -0.4 is 10.5 Å². The summed E-state index contributed by atoms with van der Waals surface area (Å²) in [6.45, 7) is 0. The molecule has 0 amide bonds. The summed E-state index contributed by atoms with van der Waals surface area (Å²) >= 11 is 5.80. The Morgan fingerprint density at radius 3 is 2.42 bits per heavy atom. The third-order valence-electron chi connectivity index (χ3n) is 3.19. The highest BCUT2D eigenvalue weighted by atomic mass is 35.5.